The number of fused-ring (bicyclic) bond motifs is 1. The van der Waals surface area contributed by atoms with E-state index in [0.717, 1.165) is 48.8 Å². The van der Waals surface area contributed by atoms with Crippen LogP contribution in [0.4, 0.5) is 0 Å². The highest BCUT2D eigenvalue weighted by atomic mass is 16.6. The van der Waals surface area contributed by atoms with Crippen LogP contribution in [0.15, 0.2) is 30.0 Å². The lowest BCUT2D eigenvalue weighted by atomic mass is 10.0. The molecule has 1 N–H and O–H groups in total. The Hall–Kier alpha value is -1.68. The van der Waals surface area contributed by atoms with Gasteiger partial charge in [-0.1, -0.05) is 13.0 Å². The number of hydrogen-bond donors (Lipinski definition) is 1. The molecule has 4 heteroatoms. The van der Waals surface area contributed by atoms with Crippen LogP contribution >= 0.6 is 0 Å². The second kappa shape index (κ2) is 6.18. The monoisotopic (exact) mass is 275 g/mol. The van der Waals surface area contributed by atoms with Crippen LogP contribution in [-0.4, -0.2) is 26.4 Å². The molecule has 1 atom stereocenters. The number of ether oxygens (including phenoxy) is 3. The molecular weight excluding hydrogens is 254 g/mol. The van der Waals surface area contributed by atoms with E-state index < -0.39 is 0 Å². The van der Waals surface area contributed by atoms with Crippen LogP contribution in [0.3, 0.4) is 0 Å². The van der Waals surface area contributed by atoms with Crippen molar-refractivity contribution in [3.05, 3.63) is 35.6 Å². The van der Waals surface area contributed by atoms with Gasteiger partial charge in [0, 0.05) is 0 Å². The third kappa shape index (κ3) is 2.75. The molecule has 0 aromatic heterocycles. The van der Waals surface area contributed by atoms with Gasteiger partial charge in [0.05, 0.1) is 12.6 Å². The first-order chi connectivity index (χ1) is 9.88. The second-order valence-corrected chi connectivity index (χ2v) is 4.99. The first-order valence-corrected chi connectivity index (χ1v) is 7.34. The number of hydrogen-bond acceptors (Lipinski definition) is 4. The molecule has 2 heterocycles. The Kier molecular flexibility index (Phi) is 4.11. The van der Waals surface area contributed by atoms with E-state index in [0.29, 0.717) is 13.2 Å². The van der Waals surface area contributed by atoms with Crippen molar-refractivity contribution in [1.29, 1.82) is 0 Å². The van der Waals surface area contributed by atoms with E-state index in [4.69, 9.17) is 14.2 Å². The fourth-order valence-electron chi connectivity index (χ4n) is 2.60. The molecule has 4 nitrogen and oxygen atoms in total. The number of nitrogens with one attached hydrogen (secondary N) is 1. The lowest BCUT2D eigenvalue weighted by molar-refractivity contribution is 0.165. The summed E-state index contributed by atoms with van der Waals surface area (Å²) in [4.78, 5) is 0. The van der Waals surface area contributed by atoms with Gasteiger partial charge >= 0.3 is 0 Å². The van der Waals surface area contributed by atoms with Crippen LogP contribution in [-0.2, 0) is 4.74 Å². The molecule has 1 unspecified atom stereocenters. The molecule has 0 aliphatic carbocycles. The van der Waals surface area contributed by atoms with Gasteiger partial charge in [-0.15, -0.1) is 0 Å². The Morgan fingerprint density at radius 3 is 2.70 bits per heavy atom. The van der Waals surface area contributed by atoms with Gasteiger partial charge in [-0.2, -0.15) is 0 Å². The van der Waals surface area contributed by atoms with Crippen LogP contribution in [0, 0.1) is 0 Å². The Balaban J connectivity index is 1.88. The molecular formula is C16H21NO3. The van der Waals surface area contributed by atoms with E-state index >= 15 is 0 Å². The van der Waals surface area contributed by atoms with Gasteiger partial charge < -0.3 is 19.5 Å². The van der Waals surface area contributed by atoms with Gasteiger partial charge in [0.2, 0.25) is 0 Å². The maximum Gasteiger partial charge on any atom is 0.161 e. The van der Waals surface area contributed by atoms with Crippen molar-refractivity contribution in [2.24, 2.45) is 0 Å². The van der Waals surface area contributed by atoms with Crippen molar-refractivity contribution in [3.8, 4) is 11.5 Å². The number of allylic oxidation sites excluding steroid dienone is 1. The van der Waals surface area contributed by atoms with Crippen molar-refractivity contribution >= 4 is 0 Å². The van der Waals surface area contributed by atoms with E-state index in [-0.39, 0.29) is 6.04 Å². The molecule has 3 rings (SSSR count). The first-order valence-electron chi connectivity index (χ1n) is 7.34. The number of benzene rings is 1. The highest BCUT2D eigenvalue weighted by molar-refractivity contribution is 5.45. The van der Waals surface area contributed by atoms with Crippen LogP contribution < -0.4 is 14.8 Å². The summed E-state index contributed by atoms with van der Waals surface area (Å²) in [5.41, 5.74) is 1.16. The summed E-state index contributed by atoms with van der Waals surface area (Å²) >= 11 is 0. The van der Waals surface area contributed by atoms with E-state index in [9.17, 15) is 0 Å². The quantitative estimate of drug-likeness (QED) is 0.917. The average Bonchev–Trinajstić information content (AvgIpc) is 2.53. The van der Waals surface area contributed by atoms with Gasteiger partial charge in [0.15, 0.2) is 11.5 Å². The fraction of sp³-hybridized carbons (Fsp3) is 0.500. The normalized spacial score (nSPS) is 18.9. The Labute approximate surface area is 119 Å². The summed E-state index contributed by atoms with van der Waals surface area (Å²) in [7, 11) is 0. The zero-order valence-corrected chi connectivity index (χ0v) is 11.9. The maximum absolute atomic E-state index is 5.82. The van der Waals surface area contributed by atoms with Crippen molar-refractivity contribution in [2.45, 2.75) is 25.8 Å². The molecule has 0 spiro atoms. The van der Waals surface area contributed by atoms with Crippen molar-refractivity contribution in [2.75, 3.05) is 26.4 Å². The molecule has 2 aliphatic heterocycles. The summed E-state index contributed by atoms with van der Waals surface area (Å²) in [6, 6.07) is 6.22. The molecule has 1 aromatic carbocycles. The minimum Gasteiger partial charge on any atom is -0.496 e. The Morgan fingerprint density at radius 2 is 1.95 bits per heavy atom. The summed E-state index contributed by atoms with van der Waals surface area (Å²) in [6.07, 6.45) is 4.37. The van der Waals surface area contributed by atoms with Crippen LogP contribution in [0.1, 0.15) is 31.4 Å². The predicted octanol–water partition coefficient (Wildman–Crippen LogP) is 2.80. The topological polar surface area (TPSA) is 39.7 Å². The van der Waals surface area contributed by atoms with Gasteiger partial charge in [0.25, 0.3) is 0 Å². The smallest absolute Gasteiger partial charge is 0.161 e. The number of rotatable bonds is 4. The molecule has 0 radical (unpaired) electrons. The lowest BCUT2D eigenvalue weighted by Crippen LogP contribution is -2.25. The summed E-state index contributed by atoms with van der Waals surface area (Å²) in [5.74, 6) is 2.68. The molecule has 0 bridgehead atoms. The van der Waals surface area contributed by atoms with Gasteiger partial charge in [0.1, 0.15) is 19.0 Å². The van der Waals surface area contributed by atoms with Crippen molar-refractivity contribution in [3.63, 3.8) is 0 Å². The second-order valence-electron chi connectivity index (χ2n) is 4.99. The number of likely N-dealkylation sites (N-methyl/N-ethyl adjacent to an activating group) is 1. The maximum atomic E-state index is 5.82. The van der Waals surface area contributed by atoms with Crippen molar-refractivity contribution < 1.29 is 14.2 Å². The Morgan fingerprint density at radius 1 is 1.10 bits per heavy atom. The lowest BCUT2D eigenvalue weighted by Gasteiger charge is -2.26. The van der Waals surface area contributed by atoms with Crippen LogP contribution in [0.25, 0.3) is 0 Å². The Bertz CT molecular complexity index is 498. The van der Waals surface area contributed by atoms with E-state index in [1.165, 1.54) is 0 Å². The molecule has 2 aliphatic rings. The molecule has 1 aromatic rings. The van der Waals surface area contributed by atoms with E-state index in [1.807, 2.05) is 6.07 Å². The third-order valence-corrected chi connectivity index (χ3v) is 3.56. The van der Waals surface area contributed by atoms with Gasteiger partial charge in [-0.25, -0.2) is 0 Å². The van der Waals surface area contributed by atoms with E-state index in [1.54, 1.807) is 0 Å². The molecule has 0 amide bonds. The summed E-state index contributed by atoms with van der Waals surface area (Å²) in [5, 5.41) is 3.49. The third-order valence-electron chi connectivity index (χ3n) is 3.56. The molecule has 0 saturated heterocycles. The molecule has 0 saturated carbocycles. The fourth-order valence-corrected chi connectivity index (χ4v) is 2.60. The molecule has 108 valence electrons. The zero-order valence-electron chi connectivity index (χ0n) is 11.9. The predicted molar refractivity (Wildman–Crippen MR) is 77.1 cm³/mol. The summed E-state index contributed by atoms with van der Waals surface area (Å²) in [6.45, 7) is 5.03. The standard InChI is InChI=1S/C16H21NO3/c1-2-17-16(14-5-3-4-8-18-14)12-6-7-13-15(11-12)20-10-9-19-13/h5-7,11,16-17H,2-4,8-10H2,1H3. The minimum atomic E-state index is 0.0936. The molecule has 20 heavy (non-hydrogen) atoms. The van der Waals surface area contributed by atoms with Gasteiger partial charge in [-0.3, -0.25) is 0 Å². The first kappa shape index (κ1) is 13.3. The highest BCUT2D eigenvalue weighted by Crippen LogP contribution is 2.35. The SMILES string of the molecule is CCNC(C1=CCCCO1)c1ccc2c(c1)OCCO2. The highest BCUT2D eigenvalue weighted by Gasteiger charge is 2.21. The summed E-state index contributed by atoms with van der Waals surface area (Å²) < 4.78 is 17.1. The van der Waals surface area contributed by atoms with E-state index in [2.05, 4.69) is 30.4 Å². The minimum absolute atomic E-state index is 0.0936. The largest absolute Gasteiger partial charge is 0.496 e. The zero-order chi connectivity index (χ0) is 13.8. The molecule has 0 fully saturated rings. The van der Waals surface area contributed by atoms with Crippen LogP contribution in [0.5, 0.6) is 11.5 Å². The van der Waals surface area contributed by atoms with Crippen molar-refractivity contribution in [1.82, 2.24) is 5.32 Å². The average molecular weight is 275 g/mol. The van der Waals surface area contributed by atoms with Gasteiger partial charge in [-0.05, 0) is 43.2 Å². The van der Waals surface area contributed by atoms with Crippen LogP contribution in [0.2, 0.25) is 0 Å².